The highest BCUT2D eigenvalue weighted by Gasteiger charge is 2.19. The molecule has 0 bridgehead atoms. The number of carbonyl (C=O) groups excluding carboxylic acids is 1. The van der Waals surface area contributed by atoms with Crippen molar-refractivity contribution in [1.82, 2.24) is 4.90 Å². The highest BCUT2D eigenvalue weighted by molar-refractivity contribution is 5.68. The summed E-state index contributed by atoms with van der Waals surface area (Å²) in [5, 5.41) is 0. The molecule has 0 saturated carbocycles. The Bertz CT molecular complexity index is 261. The number of amides is 1. The Hall–Kier alpha value is -1.25. The van der Waals surface area contributed by atoms with E-state index in [1.807, 2.05) is 33.8 Å². The number of hydrogen-bond acceptors (Lipinski definition) is 2. The van der Waals surface area contributed by atoms with Gasteiger partial charge in [-0.15, -0.1) is 0 Å². The SMILES string of the molecule is C=CC(=CC)CN(C)C(=O)OC(C)(C)C. The van der Waals surface area contributed by atoms with Gasteiger partial charge >= 0.3 is 6.09 Å². The van der Waals surface area contributed by atoms with Gasteiger partial charge in [0.1, 0.15) is 5.60 Å². The van der Waals surface area contributed by atoms with E-state index in [9.17, 15) is 4.79 Å². The molecular weight excluding hydrogens is 190 g/mol. The van der Waals surface area contributed by atoms with Gasteiger partial charge < -0.3 is 9.64 Å². The average molecular weight is 211 g/mol. The van der Waals surface area contributed by atoms with E-state index < -0.39 is 5.60 Å². The van der Waals surface area contributed by atoms with Gasteiger partial charge in [-0.2, -0.15) is 0 Å². The predicted molar refractivity (Wildman–Crippen MR) is 62.8 cm³/mol. The van der Waals surface area contributed by atoms with Gasteiger partial charge in [0.05, 0.1) is 0 Å². The monoisotopic (exact) mass is 211 g/mol. The highest BCUT2D eigenvalue weighted by atomic mass is 16.6. The predicted octanol–water partition coefficient (Wildman–Crippen LogP) is 2.99. The summed E-state index contributed by atoms with van der Waals surface area (Å²) in [4.78, 5) is 13.1. The topological polar surface area (TPSA) is 29.5 Å². The van der Waals surface area contributed by atoms with Crippen molar-refractivity contribution < 1.29 is 9.53 Å². The zero-order chi connectivity index (χ0) is 12.1. The fraction of sp³-hybridized carbons (Fsp3) is 0.583. The Morgan fingerprint density at radius 2 is 2.00 bits per heavy atom. The highest BCUT2D eigenvalue weighted by Crippen LogP contribution is 2.10. The normalized spacial score (nSPS) is 12.2. The largest absolute Gasteiger partial charge is 0.444 e. The molecule has 0 heterocycles. The third-order valence-electron chi connectivity index (χ3n) is 1.76. The molecule has 15 heavy (non-hydrogen) atoms. The molecule has 0 saturated heterocycles. The lowest BCUT2D eigenvalue weighted by Gasteiger charge is -2.24. The van der Waals surface area contributed by atoms with Crippen LogP contribution in [0.5, 0.6) is 0 Å². The minimum absolute atomic E-state index is 0.316. The van der Waals surface area contributed by atoms with Crippen molar-refractivity contribution in [2.45, 2.75) is 33.3 Å². The second-order valence-corrected chi connectivity index (χ2v) is 4.40. The Kier molecular flexibility index (Phi) is 5.12. The van der Waals surface area contributed by atoms with E-state index in [1.54, 1.807) is 13.1 Å². The van der Waals surface area contributed by atoms with Crippen molar-refractivity contribution in [2.75, 3.05) is 13.6 Å². The van der Waals surface area contributed by atoms with Crippen molar-refractivity contribution in [1.29, 1.82) is 0 Å². The molecular formula is C12H21NO2. The van der Waals surface area contributed by atoms with Gasteiger partial charge in [-0.3, -0.25) is 0 Å². The zero-order valence-corrected chi connectivity index (χ0v) is 10.3. The second kappa shape index (κ2) is 5.59. The van der Waals surface area contributed by atoms with Crippen molar-refractivity contribution in [3.05, 3.63) is 24.3 Å². The number of rotatable bonds is 3. The van der Waals surface area contributed by atoms with E-state index in [0.717, 1.165) is 5.57 Å². The van der Waals surface area contributed by atoms with Crippen molar-refractivity contribution in [3.63, 3.8) is 0 Å². The molecule has 0 atom stereocenters. The number of likely N-dealkylation sites (N-methyl/N-ethyl adjacent to an activating group) is 1. The molecule has 86 valence electrons. The van der Waals surface area contributed by atoms with Crippen LogP contribution < -0.4 is 0 Å². The molecule has 0 N–H and O–H groups in total. The first-order chi connectivity index (χ1) is 6.80. The Morgan fingerprint density at radius 3 is 2.33 bits per heavy atom. The van der Waals surface area contributed by atoms with Gasteiger partial charge in [0.15, 0.2) is 0 Å². The van der Waals surface area contributed by atoms with Crippen molar-refractivity contribution in [2.24, 2.45) is 0 Å². The fourth-order valence-electron chi connectivity index (χ4n) is 0.952. The van der Waals surface area contributed by atoms with Gasteiger partial charge in [0, 0.05) is 13.6 Å². The second-order valence-electron chi connectivity index (χ2n) is 4.40. The standard InChI is InChI=1S/C12H21NO2/c1-7-10(8-2)9-13(6)11(14)15-12(3,4)5/h7-8H,1,9H2,2-6H3. The average Bonchev–Trinajstić information content (AvgIpc) is 2.10. The molecule has 0 aliphatic heterocycles. The molecule has 3 heteroatoms. The Labute approximate surface area is 92.4 Å². The van der Waals surface area contributed by atoms with Crippen LogP contribution in [0, 0.1) is 0 Å². The third kappa shape index (κ3) is 5.94. The van der Waals surface area contributed by atoms with E-state index in [2.05, 4.69) is 6.58 Å². The van der Waals surface area contributed by atoms with Gasteiger partial charge in [0.25, 0.3) is 0 Å². The molecule has 0 spiro atoms. The lowest BCUT2D eigenvalue weighted by atomic mass is 10.2. The van der Waals surface area contributed by atoms with E-state index in [0.29, 0.717) is 6.54 Å². The molecule has 0 fully saturated rings. The lowest BCUT2D eigenvalue weighted by molar-refractivity contribution is 0.0315. The molecule has 0 aliphatic carbocycles. The van der Waals surface area contributed by atoms with Crippen LogP contribution in [-0.4, -0.2) is 30.2 Å². The van der Waals surface area contributed by atoms with Crippen LogP contribution in [0.1, 0.15) is 27.7 Å². The first-order valence-corrected chi connectivity index (χ1v) is 5.02. The van der Waals surface area contributed by atoms with Crippen LogP contribution in [0.25, 0.3) is 0 Å². The summed E-state index contributed by atoms with van der Waals surface area (Å²) in [6.45, 7) is 11.7. The maximum absolute atomic E-state index is 11.6. The van der Waals surface area contributed by atoms with E-state index in [-0.39, 0.29) is 6.09 Å². The van der Waals surface area contributed by atoms with E-state index >= 15 is 0 Å². The summed E-state index contributed by atoms with van der Waals surface area (Å²) in [7, 11) is 1.71. The lowest BCUT2D eigenvalue weighted by Crippen LogP contribution is -2.35. The van der Waals surface area contributed by atoms with E-state index in [1.165, 1.54) is 4.90 Å². The summed E-state index contributed by atoms with van der Waals surface area (Å²) in [5.41, 5.74) is 0.554. The van der Waals surface area contributed by atoms with E-state index in [4.69, 9.17) is 4.74 Å². The minimum atomic E-state index is -0.449. The number of hydrogen-bond donors (Lipinski definition) is 0. The first kappa shape index (κ1) is 13.8. The van der Waals surface area contributed by atoms with Crippen LogP contribution in [0.3, 0.4) is 0 Å². The molecule has 3 nitrogen and oxygen atoms in total. The third-order valence-corrected chi connectivity index (χ3v) is 1.76. The molecule has 0 aromatic heterocycles. The molecule has 0 aromatic carbocycles. The molecule has 0 rings (SSSR count). The summed E-state index contributed by atoms with van der Waals surface area (Å²) >= 11 is 0. The zero-order valence-electron chi connectivity index (χ0n) is 10.3. The molecule has 0 unspecified atom stereocenters. The first-order valence-electron chi connectivity index (χ1n) is 5.02. The summed E-state index contributed by atoms with van der Waals surface area (Å²) in [6.07, 6.45) is 3.35. The van der Waals surface area contributed by atoms with Crippen molar-refractivity contribution >= 4 is 6.09 Å². The maximum atomic E-state index is 11.6. The number of nitrogens with zero attached hydrogens (tertiary/aromatic N) is 1. The smallest absolute Gasteiger partial charge is 0.410 e. The molecule has 0 aliphatic rings. The minimum Gasteiger partial charge on any atom is -0.444 e. The van der Waals surface area contributed by atoms with Gasteiger partial charge in [-0.1, -0.05) is 18.7 Å². The fourth-order valence-corrected chi connectivity index (χ4v) is 0.952. The summed E-state index contributed by atoms with van der Waals surface area (Å²) in [5.74, 6) is 0. The number of ether oxygens (including phenoxy) is 1. The molecule has 1 amide bonds. The maximum Gasteiger partial charge on any atom is 0.410 e. The van der Waals surface area contributed by atoms with Crippen LogP contribution in [0.2, 0.25) is 0 Å². The van der Waals surface area contributed by atoms with Gasteiger partial charge in [-0.25, -0.2) is 4.79 Å². The Balaban J connectivity index is 4.28. The van der Waals surface area contributed by atoms with Crippen LogP contribution in [0.4, 0.5) is 4.79 Å². The Morgan fingerprint density at radius 1 is 1.47 bits per heavy atom. The van der Waals surface area contributed by atoms with Crippen LogP contribution in [0.15, 0.2) is 24.3 Å². The summed E-state index contributed by atoms with van der Waals surface area (Å²) < 4.78 is 5.21. The molecule has 0 radical (unpaired) electrons. The van der Waals surface area contributed by atoms with Crippen LogP contribution >= 0.6 is 0 Å². The van der Waals surface area contributed by atoms with Gasteiger partial charge in [0.2, 0.25) is 0 Å². The van der Waals surface area contributed by atoms with Crippen LogP contribution in [-0.2, 0) is 4.74 Å². The number of allylic oxidation sites excluding steroid dienone is 1. The number of carbonyl (C=O) groups is 1. The molecule has 0 aromatic rings. The van der Waals surface area contributed by atoms with Crippen molar-refractivity contribution in [3.8, 4) is 0 Å². The quantitative estimate of drug-likeness (QED) is 0.672. The van der Waals surface area contributed by atoms with Gasteiger partial charge in [-0.05, 0) is 33.3 Å². The summed E-state index contributed by atoms with van der Waals surface area (Å²) in [6, 6.07) is 0.